The Morgan fingerprint density at radius 2 is 1.93 bits per heavy atom. The second-order valence-electron chi connectivity index (χ2n) is 6.62. The number of benzene rings is 1. The number of carbonyl (C=O) groups is 1. The molecule has 0 radical (unpaired) electrons. The monoisotopic (exact) mass is 527 g/mol. The van der Waals surface area contributed by atoms with Crippen molar-refractivity contribution in [2.24, 2.45) is 4.99 Å². The quantitative estimate of drug-likeness (QED) is 0.227. The molecule has 0 bridgehead atoms. The Balaban J connectivity index is 0.00000450. The fourth-order valence-electron chi connectivity index (χ4n) is 2.48. The van der Waals surface area contributed by atoms with Crippen LogP contribution in [0, 0.1) is 0 Å². The number of anilines is 1. The minimum absolute atomic E-state index is 0. The molecule has 0 saturated heterocycles. The van der Waals surface area contributed by atoms with Gasteiger partial charge in [-0.05, 0) is 50.6 Å². The number of hydrogen-bond acceptors (Lipinski definition) is 5. The first-order chi connectivity index (χ1) is 14.0. The van der Waals surface area contributed by atoms with Crippen molar-refractivity contribution in [2.45, 2.75) is 33.0 Å². The second kappa shape index (κ2) is 13.8. The highest BCUT2D eigenvalue weighted by Gasteiger charge is 2.10. The van der Waals surface area contributed by atoms with E-state index in [9.17, 15) is 9.90 Å². The van der Waals surface area contributed by atoms with Crippen molar-refractivity contribution >= 4 is 41.5 Å². The van der Waals surface area contributed by atoms with Crippen molar-refractivity contribution in [2.75, 3.05) is 25.0 Å². The van der Waals surface area contributed by atoms with Gasteiger partial charge in [-0.1, -0.05) is 12.1 Å². The molecule has 2 rings (SSSR count). The van der Waals surface area contributed by atoms with E-state index in [1.165, 1.54) is 0 Å². The van der Waals surface area contributed by atoms with Crippen LogP contribution in [0.1, 0.15) is 32.4 Å². The lowest BCUT2D eigenvalue weighted by molar-refractivity contribution is -0.114. The average molecular weight is 527 g/mol. The van der Waals surface area contributed by atoms with Crippen molar-refractivity contribution < 1.29 is 14.6 Å². The summed E-state index contributed by atoms with van der Waals surface area (Å²) in [5.74, 6) is 0.961. The maximum absolute atomic E-state index is 12.0. The van der Waals surface area contributed by atoms with Crippen molar-refractivity contribution in [1.82, 2.24) is 15.6 Å². The molecule has 2 aromatic rings. The predicted molar refractivity (Wildman–Crippen MR) is 129 cm³/mol. The number of rotatable bonds is 9. The third-order valence-corrected chi connectivity index (χ3v) is 3.77. The van der Waals surface area contributed by atoms with Gasteiger partial charge in [0.2, 0.25) is 5.91 Å². The number of hydrogen-bond donors (Lipinski definition) is 4. The molecule has 8 nitrogen and oxygen atoms in total. The number of aliphatic imine (C=N–C) groups is 1. The molecule has 1 aromatic carbocycles. The van der Waals surface area contributed by atoms with Gasteiger partial charge < -0.3 is 25.8 Å². The fraction of sp³-hybridized carbons (Fsp3) is 0.381. The van der Waals surface area contributed by atoms with Crippen molar-refractivity contribution in [3.8, 4) is 5.75 Å². The molecular weight excluding hydrogens is 497 g/mol. The fourth-order valence-corrected chi connectivity index (χ4v) is 2.48. The van der Waals surface area contributed by atoms with E-state index in [4.69, 9.17) is 4.74 Å². The number of carbonyl (C=O) groups excluding carboxylic acids is 1. The van der Waals surface area contributed by atoms with Crippen LogP contribution in [0.15, 0.2) is 53.8 Å². The molecule has 30 heavy (non-hydrogen) atoms. The Morgan fingerprint density at radius 1 is 1.20 bits per heavy atom. The third kappa shape index (κ3) is 9.40. The van der Waals surface area contributed by atoms with Crippen LogP contribution >= 0.6 is 24.0 Å². The van der Waals surface area contributed by atoms with Gasteiger partial charge >= 0.3 is 0 Å². The van der Waals surface area contributed by atoms with E-state index >= 15 is 0 Å². The summed E-state index contributed by atoms with van der Waals surface area (Å²) >= 11 is 0. The minimum atomic E-state index is -0.726. The summed E-state index contributed by atoms with van der Waals surface area (Å²) in [6.07, 6.45) is 2.58. The maximum atomic E-state index is 12.0. The van der Waals surface area contributed by atoms with Crippen LogP contribution < -0.4 is 20.7 Å². The summed E-state index contributed by atoms with van der Waals surface area (Å²) < 4.78 is 5.61. The van der Waals surface area contributed by atoms with E-state index in [1.54, 1.807) is 24.5 Å². The highest BCUT2D eigenvalue weighted by atomic mass is 127. The largest absolute Gasteiger partial charge is 0.491 e. The molecule has 1 heterocycles. The smallest absolute Gasteiger partial charge is 0.246 e. The maximum Gasteiger partial charge on any atom is 0.246 e. The number of pyridine rings is 1. The van der Waals surface area contributed by atoms with E-state index in [2.05, 4.69) is 25.9 Å². The Morgan fingerprint density at radius 3 is 2.53 bits per heavy atom. The highest BCUT2D eigenvalue weighted by Crippen LogP contribution is 2.18. The van der Waals surface area contributed by atoms with Crippen LogP contribution in [0.25, 0.3) is 0 Å². The molecule has 0 aliphatic carbocycles. The lowest BCUT2D eigenvalue weighted by Gasteiger charge is -2.16. The van der Waals surface area contributed by atoms with E-state index in [-0.39, 0.29) is 49.1 Å². The summed E-state index contributed by atoms with van der Waals surface area (Å²) in [6.45, 7) is 6.68. The van der Waals surface area contributed by atoms with Gasteiger partial charge in [0.05, 0.1) is 24.1 Å². The SMILES string of the molecule is CCNC(=NCC(=O)Nc1cccnc1)NCC(O)c1ccc(OC(C)C)cc1.I. The lowest BCUT2D eigenvalue weighted by Crippen LogP contribution is -2.40. The van der Waals surface area contributed by atoms with Gasteiger partial charge in [0, 0.05) is 19.3 Å². The van der Waals surface area contributed by atoms with Crippen LogP contribution in [0.5, 0.6) is 5.75 Å². The number of nitrogens with one attached hydrogen (secondary N) is 3. The third-order valence-electron chi connectivity index (χ3n) is 3.77. The number of halogens is 1. The molecule has 4 N–H and O–H groups in total. The van der Waals surface area contributed by atoms with Crippen LogP contribution in [0.3, 0.4) is 0 Å². The van der Waals surface area contributed by atoms with Gasteiger partial charge in [0.25, 0.3) is 0 Å². The van der Waals surface area contributed by atoms with Gasteiger partial charge in [0.1, 0.15) is 12.3 Å². The Bertz CT molecular complexity index is 785. The zero-order valence-electron chi connectivity index (χ0n) is 17.5. The van der Waals surface area contributed by atoms with Crippen LogP contribution in [-0.4, -0.2) is 47.7 Å². The van der Waals surface area contributed by atoms with Crippen molar-refractivity contribution in [1.29, 1.82) is 0 Å². The van der Waals surface area contributed by atoms with Gasteiger partial charge in [-0.3, -0.25) is 9.78 Å². The molecular formula is C21H30IN5O3. The molecule has 0 aliphatic rings. The summed E-state index contributed by atoms with van der Waals surface area (Å²) in [6, 6.07) is 10.8. The van der Waals surface area contributed by atoms with E-state index in [0.29, 0.717) is 18.2 Å². The van der Waals surface area contributed by atoms with Crippen LogP contribution in [0.4, 0.5) is 5.69 Å². The summed E-state index contributed by atoms with van der Waals surface area (Å²) in [5.41, 5.74) is 1.38. The number of guanidine groups is 1. The Kier molecular flexibility index (Phi) is 11.8. The van der Waals surface area contributed by atoms with E-state index < -0.39 is 6.10 Å². The number of aromatic nitrogens is 1. The molecule has 1 atom stereocenters. The molecule has 9 heteroatoms. The number of nitrogens with zero attached hydrogens (tertiary/aromatic N) is 2. The van der Waals surface area contributed by atoms with Crippen molar-refractivity contribution in [3.63, 3.8) is 0 Å². The normalized spacial score (nSPS) is 12.0. The Hall–Kier alpha value is -2.40. The van der Waals surface area contributed by atoms with Crippen molar-refractivity contribution in [3.05, 3.63) is 54.4 Å². The summed E-state index contributed by atoms with van der Waals surface area (Å²) in [7, 11) is 0. The van der Waals surface area contributed by atoms with Gasteiger partial charge in [-0.2, -0.15) is 0 Å². The first kappa shape index (κ1) is 25.6. The topological polar surface area (TPSA) is 108 Å². The first-order valence-corrected chi connectivity index (χ1v) is 9.64. The van der Waals surface area contributed by atoms with Gasteiger partial charge in [0.15, 0.2) is 5.96 Å². The molecule has 1 aromatic heterocycles. The lowest BCUT2D eigenvalue weighted by atomic mass is 10.1. The summed E-state index contributed by atoms with van der Waals surface area (Å²) in [5, 5.41) is 19.2. The number of aliphatic hydroxyl groups is 1. The van der Waals surface area contributed by atoms with Crippen LogP contribution in [0.2, 0.25) is 0 Å². The van der Waals surface area contributed by atoms with Gasteiger partial charge in [-0.15, -0.1) is 24.0 Å². The van der Waals surface area contributed by atoms with E-state index in [1.807, 2.05) is 45.0 Å². The summed E-state index contributed by atoms with van der Waals surface area (Å²) in [4.78, 5) is 20.2. The van der Waals surface area contributed by atoms with Gasteiger partial charge in [-0.25, -0.2) is 4.99 Å². The molecule has 1 amide bonds. The predicted octanol–water partition coefficient (Wildman–Crippen LogP) is 2.71. The molecule has 0 spiro atoms. The molecule has 0 saturated carbocycles. The standard InChI is InChI=1S/C21H29N5O3.HI/c1-4-23-21(25-14-20(28)26-17-6-5-11-22-12-17)24-13-19(27)16-7-9-18(10-8-16)29-15(2)3;/h5-12,15,19,27H,4,13-14H2,1-3H3,(H,26,28)(H2,23,24,25);1H. The number of aliphatic hydroxyl groups excluding tert-OH is 1. The molecule has 164 valence electrons. The molecule has 0 aliphatic heterocycles. The second-order valence-corrected chi connectivity index (χ2v) is 6.62. The zero-order chi connectivity index (χ0) is 21.1. The first-order valence-electron chi connectivity index (χ1n) is 9.64. The molecule has 0 fully saturated rings. The highest BCUT2D eigenvalue weighted by molar-refractivity contribution is 14.0. The number of amides is 1. The van der Waals surface area contributed by atoms with Crippen LogP contribution in [-0.2, 0) is 4.79 Å². The Labute approximate surface area is 194 Å². The van der Waals surface area contributed by atoms with E-state index in [0.717, 1.165) is 11.3 Å². The average Bonchev–Trinajstić information content (AvgIpc) is 2.70. The minimum Gasteiger partial charge on any atom is -0.491 e. The number of ether oxygens (including phenoxy) is 1. The zero-order valence-corrected chi connectivity index (χ0v) is 19.8. The molecule has 1 unspecified atom stereocenters.